The normalized spacial score (nSPS) is 12.1. The van der Waals surface area contributed by atoms with Crippen LogP contribution in [0.1, 0.15) is 28.8 Å². The zero-order valence-corrected chi connectivity index (χ0v) is 19.5. The van der Waals surface area contributed by atoms with E-state index < -0.39 is 39.5 Å². The first-order chi connectivity index (χ1) is 17.9. The summed E-state index contributed by atoms with van der Waals surface area (Å²) in [6.07, 6.45) is -4.69. The summed E-state index contributed by atoms with van der Waals surface area (Å²) in [5, 5.41) is -0.810. The number of aromatic nitrogens is 1. The Morgan fingerprint density at radius 2 is 1.21 bits per heavy atom. The zero-order chi connectivity index (χ0) is 27.5. The minimum atomic E-state index is -4.53. The number of halogens is 3. The van der Waals surface area contributed by atoms with Crippen LogP contribution >= 0.6 is 0 Å². The monoisotopic (exact) mass is 521 g/mol. The fourth-order valence-electron chi connectivity index (χ4n) is 4.81. The van der Waals surface area contributed by atoms with Crippen molar-refractivity contribution in [2.75, 3.05) is 11.5 Å². The zero-order valence-electron chi connectivity index (χ0n) is 19.5. The van der Waals surface area contributed by atoms with Crippen LogP contribution < -0.4 is 33.4 Å². The summed E-state index contributed by atoms with van der Waals surface area (Å²) >= 11 is 0. The van der Waals surface area contributed by atoms with E-state index in [2.05, 4.69) is 0 Å². The molecular formula is C27H18F3N3O5. The van der Waals surface area contributed by atoms with Gasteiger partial charge in [0.1, 0.15) is 0 Å². The van der Waals surface area contributed by atoms with E-state index in [-0.39, 0.29) is 68.6 Å². The van der Waals surface area contributed by atoms with Crippen LogP contribution in [0.2, 0.25) is 0 Å². The third-order valence-corrected chi connectivity index (χ3v) is 6.69. The van der Waals surface area contributed by atoms with Gasteiger partial charge in [-0.15, -0.1) is 0 Å². The molecular weight excluding hydrogens is 503 g/mol. The molecule has 0 amide bonds. The van der Waals surface area contributed by atoms with Gasteiger partial charge < -0.3 is 11.5 Å². The highest BCUT2D eigenvalue weighted by atomic mass is 19.4. The lowest BCUT2D eigenvalue weighted by atomic mass is 9.97. The number of anilines is 2. The van der Waals surface area contributed by atoms with Gasteiger partial charge in [0.25, 0.3) is 11.1 Å². The first-order valence-electron chi connectivity index (χ1n) is 11.4. The first kappa shape index (κ1) is 24.9. The second kappa shape index (κ2) is 8.65. The molecule has 8 nitrogen and oxygen atoms in total. The van der Waals surface area contributed by atoms with Crippen molar-refractivity contribution in [1.82, 2.24) is 4.57 Å². The van der Waals surface area contributed by atoms with Crippen LogP contribution in [-0.2, 0) is 12.7 Å². The smallest absolute Gasteiger partial charge is 0.397 e. The van der Waals surface area contributed by atoms with E-state index in [1.165, 1.54) is 12.1 Å². The number of rotatable bonds is 5. The van der Waals surface area contributed by atoms with E-state index in [4.69, 9.17) is 11.5 Å². The molecule has 0 bridgehead atoms. The third kappa shape index (κ3) is 3.66. The number of Topliss-reactive ketones (excluding diaryl/α,β-unsaturated/α-hetero) is 1. The molecule has 0 saturated carbocycles. The summed E-state index contributed by atoms with van der Waals surface area (Å²) in [5.41, 5.74) is 8.05. The third-order valence-electron chi connectivity index (χ3n) is 6.69. The molecule has 0 fully saturated rings. The van der Waals surface area contributed by atoms with E-state index >= 15 is 0 Å². The van der Waals surface area contributed by atoms with Gasteiger partial charge in [-0.2, -0.15) is 13.2 Å². The summed E-state index contributed by atoms with van der Waals surface area (Å²) < 4.78 is 39.0. The Morgan fingerprint density at radius 1 is 0.737 bits per heavy atom. The van der Waals surface area contributed by atoms with Gasteiger partial charge in [0.2, 0.25) is 0 Å². The highest BCUT2D eigenvalue weighted by Gasteiger charge is 2.30. The lowest BCUT2D eigenvalue weighted by Crippen LogP contribution is -2.26. The summed E-state index contributed by atoms with van der Waals surface area (Å²) in [4.78, 5) is 65.1. The number of hydrogen-bond acceptors (Lipinski definition) is 7. The van der Waals surface area contributed by atoms with Crippen LogP contribution in [0.3, 0.4) is 0 Å². The molecule has 0 saturated heterocycles. The average molecular weight is 521 g/mol. The molecule has 38 heavy (non-hydrogen) atoms. The van der Waals surface area contributed by atoms with E-state index in [1.807, 2.05) is 0 Å². The van der Waals surface area contributed by atoms with E-state index in [0.717, 1.165) is 28.8 Å². The van der Waals surface area contributed by atoms with E-state index in [9.17, 15) is 37.1 Å². The Labute approximate surface area is 210 Å². The van der Waals surface area contributed by atoms with E-state index in [1.54, 1.807) is 12.1 Å². The van der Waals surface area contributed by atoms with E-state index in [0.29, 0.717) is 0 Å². The van der Waals surface area contributed by atoms with Gasteiger partial charge in [-0.1, -0.05) is 36.4 Å². The van der Waals surface area contributed by atoms with Crippen LogP contribution in [0.4, 0.5) is 24.5 Å². The van der Waals surface area contributed by atoms with Crippen molar-refractivity contribution < 1.29 is 18.0 Å². The standard InChI is InChI=1S/C27H18F3N3O5/c28-27(29,30)13-9-7-12(8-10-13)16(34)6-3-11-33-25(37)19-20(26(33)38)22(32)18-17(21(19)31)23(35)14-4-1-2-5-15(14)24(18)36/h1-2,4-5,7-10H,3,6,11,31-32H2. The summed E-state index contributed by atoms with van der Waals surface area (Å²) in [5.74, 6) is -0.473. The van der Waals surface area contributed by atoms with Gasteiger partial charge >= 0.3 is 6.18 Å². The van der Waals surface area contributed by atoms with Gasteiger partial charge in [0.15, 0.2) is 16.6 Å². The van der Waals surface area contributed by atoms with Gasteiger partial charge in [0, 0.05) is 29.3 Å². The van der Waals surface area contributed by atoms with Gasteiger partial charge in [-0.05, 0) is 18.6 Å². The summed E-state index contributed by atoms with van der Waals surface area (Å²) in [6, 6.07) is 9.77. The van der Waals surface area contributed by atoms with Gasteiger partial charge in [-0.25, -0.2) is 0 Å². The maximum atomic E-state index is 13.2. The molecule has 5 aromatic rings. The highest BCUT2D eigenvalue weighted by molar-refractivity contribution is 6.20. The number of carbonyl (C=O) groups excluding carboxylic acids is 1. The molecule has 0 aliphatic heterocycles. The summed E-state index contributed by atoms with van der Waals surface area (Å²) in [7, 11) is 0. The molecule has 0 unspecified atom stereocenters. The van der Waals surface area contributed by atoms with Crippen LogP contribution in [0.25, 0.3) is 32.3 Å². The Kier molecular flexibility index (Phi) is 5.66. The van der Waals surface area contributed by atoms with Crippen molar-refractivity contribution in [3.05, 3.63) is 101 Å². The fraction of sp³-hybridized carbons (Fsp3) is 0.148. The van der Waals surface area contributed by atoms with Crippen LogP contribution in [-0.4, -0.2) is 10.4 Å². The fourth-order valence-corrected chi connectivity index (χ4v) is 4.81. The number of ketones is 1. The number of nitrogens with two attached hydrogens (primary N) is 2. The van der Waals surface area contributed by atoms with Gasteiger partial charge in [-0.3, -0.25) is 28.5 Å². The maximum absolute atomic E-state index is 13.2. The molecule has 11 heteroatoms. The molecule has 0 aliphatic carbocycles. The van der Waals surface area contributed by atoms with Crippen molar-refractivity contribution in [2.45, 2.75) is 25.6 Å². The summed E-state index contributed by atoms with van der Waals surface area (Å²) in [6.45, 7) is -0.218. The Bertz CT molecular complexity index is 1900. The van der Waals surface area contributed by atoms with Crippen molar-refractivity contribution in [3.63, 3.8) is 0 Å². The molecule has 0 atom stereocenters. The molecule has 192 valence electrons. The SMILES string of the molecule is Nc1c2c(=O)c3ccccc3c(=O)c2c(N)c2c(=O)n(CCCC(=O)c3ccc(C(F)(F)F)cc3)c(=O)c12. The van der Waals surface area contributed by atoms with Crippen LogP contribution in [0, 0.1) is 0 Å². The maximum Gasteiger partial charge on any atom is 0.416 e. The van der Waals surface area contributed by atoms with Crippen molar-refractivity contribution >= 4 is 49.5 Å². The average Bonchev–Trinajstić information content (AvgIpc) is 3.14. The highest BCUT2D eigenvalue weighted by Crippen LogP contribution is 2.32. The lowest BCUT2D eigenvalue weighted by molar-refractivity contribution is -0.137. The largest absolute Gasteiger partial charge is 0.416 e. The topological polar surface area (TPSA) is 142 Å². The molecule has 1 aromatic heterocycles. The predicted molar refractivity (Wildman–Crippen MR) is 138 cm³/mol. The molecule has 4 aromatic carbocycles. The number of nitrogen functional groups attached to an aromatic ring is 2. The van der Waals surface area contributed by atoms with Crippen molar-refractivity contribution in [3.8, 4) is 0 Å². The Morgan fingerprint density at radius 3 is 1.66 bits per heavy atom. The second-order valence-electron chi connectivity index (χ2n) is 8.89. The minimum Gasteiger partial charge on any atom is -0.397 e. The number of alkyl halides is 3. The predicted octanol–water partition coefficient (Wildman–Crippen LogP) is 3.11. The number of carbonyl (C=O) groups is 1. The second-order valence-corrected chi connectivity index (χ2v) is 8.89. The lowest BCUT2D eigenvalue weighted by Gasteiger charge is -2.07. The van der Waals surface area contributed by atoms with Crippen LogP contribution in [0.15, 0.2) is 67.7 Å². The molecule has 0 radical (unpaired) electrons. The number of benzene rings is 4. The molecule has 4 N–H and O–H groups in total. The number of nitrogens with zero attached hydrogens (tertiary/aromatic N) is 1. The first-order valence-corrected chi connectivity index (χ1v) is 11.4. The van der Waals surface area contributed by atoms with Crippen molar-refractivity contribution in [1.29, 1.82) is 0 Å². The molecule has 1 heterocycles. The quantitative estimate of drug-likeness (QED) is 0.157. The Hall–Kier alpha value is -4.80. The molecule has 0 aliphatic rings. The number of hydrogen-bond donors (Lipinski definition) is 2. The number of fused-ring (bicyclic) bond motifs is 3. The van der Waals surface area contributed by atoms with Gasteiger partial charge in [0.05, 0.1) is 38.5 Å². The van der Waals surface area contributed by atoms with Crippen molar-refractivity contribution in [2.24, 2.45) is 0 Å². The minimum absolute atomic E-state index is 0.00809. The molecule has 5 rings (SSSR count). The molecule has 0 spiro atoms. The Balaban J connectivity index is 1.54. The van der Waals surface area contributed by atoms with Crippen LogP contribution in [0.5, 0.6) is 0 Å².